The number of allylic oxidation sites excluding steroid dienone is 2. The fraction of sp³-hybridized carbons (Fsp3) is 0.263. The van der Waals surface area contributed by atoms with Crippen molar-refractivity contribution in [2.45, 2.75) is 25.7 Å². The summed E-state index contributed by atoms with van der Waals surface area (Å²) in [4.78, 5) is 0. The maximum Gasteiger partial charge on any atom is 0.115 e. The normalized spacial score (nSPS) is 21.9. The fourth-order valence-corrected chi connectivity index (χ4v) is 3.17. The van der Waals surface area contributed by atoms with Crippen LogP contribution in [0, 0.1) is 5.92 Å². The quantitative estimate of drug-likeness (QED) is 0.837. The summed E-state index contributed by atoms with van der Waals surface area (Å²) >= 11 is 0. The van der Waals surface area contributed by atoms with E-state index in [-0.39, 0.29) is 0 Å². The van der Waals surface area contributed by atoms with Gasteiger partial charge in [-0.3, -0.25) is 0 Å². The van der Waals surface area contributed by atoms with E-state index in [9.17, 15) is 10.2 Å². The van der Waals surface area contributed by atoms with Gasteiger partial charge in [0, 0.05) is 0 Å². The molecule has 1 aliphatic rings. The Kier molecular flexibility index (Phi) is 3.70. The summed E-state index contributed by atoms with van der Waals surface area (Å²) < 4.78 is 0. The van der Waals surface area contributed by atoms with Crippen molar-refractivity contribution >= 4 is 5.57 Å². The highest BCUT2D eigenvalue weighted by atomic mass is 16.3. The van der Waals surface area contributed by atoms with Gasteiger partial charge in [0.1, 0.15) is 11.5 Å². The third-order valence-electron chi connectivity index (χ3n) is 4.21. The number of phenols is 2. The molecule has 2 aromatic rings. The van der Waals surface area contributed by atoms with Crippen molar-refractivity contribution in [2.24, 2.45) is 5.92 Å². The minimum Gasteiger partial charge on any atom is -0.508 e. The fourth-order valence-electron chi connectivity index (χ4n) is 3.17. The Balaban J connectivity index is 1.86. The molecule has 0 fully saturated rings. The number of benzene rings is 2. The van der Waals surface area contributed by atoms with Crippen LogP contribution in [-0.4, -0.2) is 10.2 Å². The average Bonchev–Trinajstić information content (AvgIpc) is 2.48. The van der Waals surface area contributed by atoms with Gasteiger partial charge >= 0.3 is 0 Å². The van der Waals surface area contributed by atoms with E-state index in [1.807, 2.05) is 24.3 Å². The molecule has 0 saturated carbocycles. The summed E-state index contributed by atoms with van der Waals surface area (Å²) in [5, 5.41) is 18.8. The molecule has 2 nitrogen and oxygen atoms in total. The predicted molar refractivity (Wildman–Crippen MR) is 85.3 cm³/mol. The number of phenolic OH excluding ortho intramolecular Hbond substituents is 2. The van der Waals surface area contributed by atoms with E-state index in [1.165, 1.54) is 16.7 Å². The number of hydrogen-bond acceptors (Lipinski definition) is 2. The van der Waals surface area contributed by atoms with E-state index in [0.29, 0.717) is 23.3 Å². The second-order valence-electron chi connectivity index (χ2n) is 5.94. The summed E-state index contributed by atoms with van der Waals surface area (Å²) in [5.74, 6) is 1.63. The van der Waals surface area contributed by atoms with Crippen LogP contribution in [0.25, 0.3) is 5.57 Å². The lowest BCUT2D eigenvalue weighted by molar-refractivity contribution is 0.473. The monoisotopic (exact) mass is 280 g/mol. The molecule has 2 unspecified atom stereocenters. The highest BCUT2D eigenvalue weighted by Crippen LogP contribution is 2.40. The molecule has 108 valence electrons. The molecule has 3 rings (SSSR count). The average molecular weight is 280 g/mol. The van der Waals surface area contributed by atoms with Gasteiger partial charge in [-0.1, -0.05) is 37.3 Å². The zero-order valence-electron chi connectivity index (χ0n) is 12.2. The summed E-state index contributed by atoms with van der Waals surface area (Å²) in [5.41, 5.74) is 3.80. The third-order valence-corrected chi connectivity index (χ3v) is 4.21. The van der Waals surface area contributed by atoms with Gasteiger partial charge in [-0.25, -0.2) is 0 Å². The summed E-state index contributed by atoms with van der Waals surface area (Å²) in [6.07, 6.45) is 4.47. The van der Waals surface area contributed by atoms with Crippen LogP contribution in [-0.2, 0) is 0 Å². The number of aromatic hydroxyl groups is 2. The molecule has 0 bridgehead atoms. The molecule has 0 aliphatic heterocycles. The van der Waals surface area contributed by atoms with Gasteiger partial charge in [-0.2, -0.15) is 0 Å². The molecular weight excluding hydrogens is 260 g/mol. The lowest BCUT2D eigenvalue weighted by atomic mass is 9.77. The molecule has 0 saturated heterocycles. The molecule has 0 spiro atoms. The van der Waals surface area contributed by atoms with Gasteiger partial charge in [0.15, 0.2) is 0 Å². The first-order valence-electron chi connectivity index (χ1n) is 7.41. The molecule has 0 heterocycles. The van der Waals surface area contributed by atoms with Crippen molar-refractivity contribution in [1.82, 2.24) is 0 Å². The van der Waals surface area contributed by atoms with E-state index in [4.69, 9.17) is 0 Å². The maximum atomic E-state index is 9.43. The van der Waals surface area contributed by atoms with Crippen LogP contribution in [0.15, 0.2) is 54.6 Å². The summed E-state index contributed by atoms with van der Waals surface area (Å²) in [6, 6.07) is 15.0. The predicted octanol–water partition coefficient (Wildman–Crippen LogP) is 4.69. The lowest BCUT2D eigenvalue weighted by Crippen LogP contribution is -2.10. The van der Waals surface area contributed by atoms with Gasteiger partial charge < -0.3 is 10.2 Å². The molecule has 2 heteroatoms. The first-order chi connectivity index (χ1) is 10.1. The Hall–Kier alpha value is -2.22. The van der Waals surface area contributed by atoms with Crippen molar-refractivity contribution in [2.75, 3.05) is 0 Å². The van der Waals surface area contributed by atoms with E-state index in [2.05, 4.69) is 13.0 Å². The topological polar surface area (TPSA) is 40.5 Å². The van der Waals surface area contributed by atoms with E-state index in [0.717, 1.165) is 12.8 Å². The molecule has 1 aliphatic carbocycles. The lowest BCUT2D eigenvalue weighted by Gasteiger charge is -2.27. The molecule has 0 amide bonds. The smallest absolute Gasteiger partial charge is 0.115 e. The summed E-state index contributed by atoms with van der Waals surface area (Å²) in [6.45, 7) is 2.24. The minimum absolute atomic E-state index is 0.304. The van der Waals surface area contributed by atoms with Crippen LogP contribution in [0.1, 0.15) is 36.8 Å². The second-order valence-corrected chi connectivity index (χ2v) is 5.94. The van der Waals surface area contributed by atoms with E-state index < -0.39 is 0 Å². The second kappa shape index (κ2) is 5.65. The zero-order valence-corrected chi connectivity index (χ0v) is 12.2. The standard InChI is InChI=1S/C19H20O2/c1-13-10-16(14-2-6-18(20)7-3-14)12-17(11-13)15-4-8-19(21)9-5-15/h2-10,13,17,20-21H,11-12H2,1H3. The number of rotatable bonds is 2. The van der Waals surface area contributed by atoms with Crippen LogP contribution >= 0.6 is 0 Å². The van der Waals surface area contributed by atoms with Crippen molar-refractivity contribution in [1.29, 1.82) is 0 Å². The largest absolute Gasteiger partial charge is 0.508 e. The van der Waals surface area contributed by atoms with Crippen LogP contribution in [0.4, 0.5) is 0 Å². The first-order valence-corrected chi connectivity index (χ1v) is 7.41. The molecule has 0 aromatic heterocycles. The Morgan fingerprint density at radius 3 is 2.05 bits per heavy atom. The molecule has 21 heavy (non-hydrogen) atoms. The van der Waals surface area contributed by atoms with E-state index in [1.54, 1.807) is 24.3 Å². The Morgan fingerprint density at radius 1 is 0.857 bits per heavy atom. The summed E-state index contributed by atoms with van der Waals surface area (Å²) in [7, 11) is 0. The van der Waals surface area contributed by atoms with Crippen LogP contribution in [0.5, 0.6) is 11.5 Å². The van der Waals surface area contributed by atoms with Gasteiger partial charge in [0.2, 0.25) is 0 Å². The minimum atomic E-state index is 0.304. The Bertz CT molecular complexity index is 638. The molecule has 2 atom stereocenters. The van der Waals surface area contributed by atoms with Gasteiger partial charge in [-0.15, -0.1) is 0 Å². The molecular formula is C19H20O2. The number of hydrogen-bond donors (Lipinski definition) is 2. The van der Waals surface area contributed by atoms with Gasteiger partial charge in [0.05, 0.1) is 0 Å². The Morgan fingerprint density at radius 2 is 1.43 bits per heavy atom. The Labute approximate surface area is 125 Å². The highest BCUT2D eigenvalue weighted by molar-refractivity contribution is 5.68. The molecule has 0 radical (unpaired) electrons. The highest BCUT2D eigenvalue weighted by Gasteiger charge is 2.22. The van der Waals surface area contributed by atoms with Crippen LogP contribution in [0.3, 0.4) is 0 Å². The maximum absolute atomic E-state index is 9.43. The van der Waals surface area contributed by atoms with Gasteiger partial charge in [-0.05, 0) is 65.6 Å². The van der Waals surface area contributed by atoms with Crippen molar-refractivity contribution in [3.8, 4) is 11.5 Å². The molecule has 2 N–H and O–H groups in total. The van der Waals surface area contributed by atoms with Gasteiger partial charge in [0.25, 0.3) is 0 Å². The van der Waals surface area contributed by atoms with Crippen molar-refractivity contribution < 1.29 is 10.2 Å². The van der Waals surface area contributed by atoms with Crippen molar-refractivity contribution in [3.63, 3.8) is 0 Å². The van der Waals surface area contributed by atoms with Crippen LogP contribution in [0.2, 0.25) is 0 Å². The van der Waals surface area contributed by atoms with Crippen LogP contribution < -0.4 is 0 Å². The first kappa shape index (κ1) is 13.7. The van der Waals surface area contributed by atoms with E-state index >= 15 is 0 Å². The SMILES string of the molecule is CC1C=C(c2ccc(O)cc2)CC(c2ccc(O)cc2)C1. The third kappa shape index (κ3) is 3.10. The molecule has 2 aromatic carbocycles. The zero-order chi connectivity index (χ0) is 14.8. The van der Waals surface area contributed by atoms with Crippen molar-refractivity contribution in [3.05, 3.63) is 65.7 Å².